The molecule has 0 bridgehead atoms. The maximum Gasteiger partial charge on any atom is 0.342 e. The van der Waals surface area contributed by atoms with Gasteiger partial charge in [-0.2, -0.15) is 0 Å². The van der Waals surface area contributed by atoms with Crippen molar-refractivity contribution >= 4 is 23.3 Å². The minimum absolute atomic E-state index is 0.138. The Hall–Kier alpha value is -3.22. The smallest absolute Gasteiger partial charge is 0.342 e. The van der Waals surface area contributed by atoms with Gasteiger partial charge in [-0.15, -0.1) is 0 Å². The minimum atomic E-state index is -1.03. The Labute approximate surface area is 131 Å². The number of esters is 1. The van der Waals surface area contributed by atoms with Crippen molar-refractivity contribution in [1.29, 1.82) is 0 Å². The van der Waals surface area contributed by atoms with E-state index in [4.69, 9.17) is 4.74 Å². The first-order valence-electron chi connectivity index (χ1n) is 6.83. The van der Waals surface area contributed by atoms with Crippen molar-refractivity contribution in [2.24, 2.45) is 0 Å². The molecule has 0 spiro atoms. The lowest BCUT2D eigenvalue weighted by Gasteiger charge is -2.35. The van der Waals surface area contributed by atoms with Crippen molar-refractivity contribution < 1.29 is 19.2 Å². The summed E-state index contributed by atoms with van der Waals surface area (Å²) in [7, 11) is 0. The van der Waals surface area contributed by atoms with E-state index in [0.717, 1.165) is 0 Å². The number of non-ortho nitro benzene ring substituents is 1. The van der Waals surface area contributed by atoms with E-state index in [0.29, 0.717) is 11.3 Å². The third kappa shape index (κ3) is 2.52. The van der Waals surface area contributed by atoms with E-state index in [2.05, 4.69) is 0 Å². The number of para-hydroxylation sites is 1. The fourth-order valence-corrected chi connectivity index (χ4v) is 2.54. The van der Waals surface area contributed by atoms with Crippen molar-refractivity contribution in [2.45, 2.75) is 13.2 Å². The van der Waals surface area contributed by atoms with Crippen LogP contribution in [0.3, 0.4) is 0 Å². The Morgan fingerprint density at radius 1 is 1.22 bits per heavy atom. The summed E-state index contributed by atoms with van der Waals surface area (Å²) in [5.41, 5.74) is 0.926. The molecule has 1 amide bonds. The molecule has 0 aliphatic carbocycles. The van der Waals surface area contributed by atoms with Gasteiger partial charge >= 0.3 is 5.97 Å². The monoisotopic (exact) mass is 312 g/mol. The van der Waals surface area contributed by atoms with Gasteiger partial charge in [0.15, 0.2) is 0 Å². The molecule has 0 aromatic heterocycles. The predicted octanol–water partition coefficient (Wildman–Crippen LogP) is 2.82. The number of fused-ring (bicyclic) bond motifs is 1. The van der Waals surface area contributed by atoms with Gasteiger partial charge in [0.05, 0.1) is 16.2 Å². The van der Waals surface area contributed by atoms with Gasteiger partial charge in [0.2, 0.25) is 12.1 Å². The Morgan fingerprint density at radius 3 is 2.65 bits per heavy atom. The van der Waals surface area contributed by atoms with E-state index in [1.165, 1.54) is 30.0 Å². The molecule has 2 aromatic carbocycles. The number of carbonyl (C=O) groups is 2. The van der Waals surface area contributed by atoms with Crippen LogP contribution in [0.4, 0.5) is 11.4 Å². The maximum absolute atomic E-state index is 12.2. The predicted molar refractivity (Wildman–Crippen MR) is 80.9 cm³/mol. The second-order valence-corrected chi connectivity index (χ2v) is 5.02. The minimum Gasteiger partial charge on any atom is -0.433 e. The van der Waals surface area contributed by atoms with Crippen LogP contribution in [0.25, 0.3) is 0 Å². The number of hydrogen-bond donors (Lipinski definition) is 0. The van der Waals surface area contributed by atoms with Crippen LogP contribution in [0.2, 0.25) is 0 Å². The summed E-state index contributed by atoms with van der Waals surface area (Å²) in [6, 6.07) is 12.3. The number of hydrogen-bond acceptors (Lipinski definition) is 5. The number of rotatable bonds is 2. The lowest BCUT2D eigenvalue weighted by atomic mass is 10.1. The Morgan fingerprint density at radius 2 is 1.96 bits per heavy atom. The number of ether oxygens (including phenoxy) is 1. The van der Waals surface area contributed by atoms with Gasteiger partial charge in [0.1, 0.15) is 0 Å². The lowest BCUT2D eigenvalue weighted by Crippen LogP contribution is -2.40. The van der Waals surface area contributed by atoms with Gasteiger partial charge in [-0.25, -0.2) is 4.79 Å². The second kappa shape index (κ2) is 5.53. The van der Waals surface area contributed by atoms with Crippen molar-refractivity contribution in [1.82, 2.24) is 0 Å². The van der Waals surface area contributed by atoms with E-state index in [9.17, 15) is 19.7 Å². The summed E-state index contributed by atoms with van der Waals surface area (Å²) in [4.78, 5) is 35.9. The maximum atomic E-state index is 12.2. The van der Waals surface area contributed by atoms with Crippen LogP contribution in [-0.4, -0.2) is 16.8 Å². The molecule has 0 radical (unpaired) electrons. The van der Waals surface area contributed by atoms with Gasteiger partial charge < -0.3 is 4.74 Å². The first kappa shape index (κ1) is 14.7. The van der Waals surface area contributed by atoms with E-state index in [1.807, 2.05) is 0 Å². The standard InChI is InChI=1S/C16H12N2O5/c1-10(19)17-14-8-3-2-7-13(14)16(20)23-15(17)11-5-4-6-12(9-11)18(21)22/h2-9,15H,1H3. The quantitative estimate of drug-likeness (QED) is 0.483. The zero-order valence-corrected chi connectivity index (χ0v) is 12.1. The van der Waals surface area contributed by atoms with Crippen LogP contribution >= 0.6 is 0 Å². The molecule has 0 fully saturated rings. The third-order valence-electron chi connectivity index (χ3n) is 3.54. The molecule has 0 saturated heterocycles. The summed E-state index contributed by atoms with van der Waals surface area (Å²) in [5, 5.41) is 10.9. The van der Waals surface area contributed by atoms with E-state index < -0.39 is 17.1 Å². The summed E-state index contributed by atoms with van der Waals surface area (Å²) >= 11 is 0. The largest absolute Gasteiger partial charge is 0.433 e. The van der Waals surface area contributed by atoms with Gasteiger partial charge in [-0.3, -0.25) is 19.8 Å². The Bertz CT molecular complexity index is 818. The zero-order valence-electron chi connectivity index (χ0n) is 12.1. The van der Waals surface area contributed by atoms with Crippen molar-refractivity contribution in [3.8, 4) is 0 Å². The molecule has 7 heteroatoms. The highest BCUT2D eigenvalue weighted by atomic mass is 16.6. The number of cyclic esters (lactones) is 1. The second-order valence-electron chi connectivity index (χ2n) is 5.02. The highest BCUT2D eigenvalue weighted by Crippen LogP contribution is 2.37. The zero-order chi connectivity index (χ0) is 16.6. The number of benzene rings is 2. The first-order valence-corrected chi connectivity index (χ1v) is 6.83. The normalized spacial score (nSPS) is 16.5. The number of carbonyl (C=O) groups excluding carboxylic acids is 2. The van der Waals surface area contributed by atoms with E-state index in [-0.39, 0.29) is 17.2 Å². The number of nitro groups is 1. The molecule has 3 rings (SSSR count). The fourth-order valence-electron chi connectivity index (χ4n) is 2.54. The molecule has 1 aliphatic heterocycles. The fraction of sp³-hybridized carbons (Fsp3) is 0.125. The molecule has 0 saturated carbocycles. The number of anilines is 1. The van der Waals surface area contributed by atoms with Gasteiger partial charge in [0, 0.05) is 24.6 Å². The topological polar surface area (TPSA) is 89.8 Å². The SMILES string of the molecule is CC(=O)N1c2ccccc2C(=O)OC1c1cccc([N+](=O)[O-])c1. The average Bonchev–Trinajstić information content (AvgIpc) is 2.54. The molecule has 1 atom stereocenters. The van der Waals surface area contributed by atoms with Gasteiger partial charge in [-0.05, 0) is 12.1 Å². The molecular formula is C16H12N2O5. The molecule has 7 nitrogen and oxygen atoms in total. The molecule has 116 valence electrons. The van der Waals surface area contributed by atoms with Crippen molar-refractivity contribution in [3.63, 3.8) is 0 Å². The Balaban J connectivity index is 2.12. The molecule has 0 N–H and O–H groups in total. The molecule has 2 aromatic rings. The molecule has 23 heavy (non-hydrogen) atoms. The van der Waals surface area contributed by atoms with Crippen molar-refractivity contribution in [3.05, 3.63) is 69.8 Å². The summed E-state index contributed by atoms with van der Waals surface area (Å²) in [5.74, 6) is -0.906. The average molecular weight is 312 g/mol. The van der Waals surface area contributed by atoms with Crippen LogP contribution in [0.5, 0.6) is 0 Å². The lowest BCUT2D eigenvalue weighted by molar-refractivity contribution is -0.385. The highest BCUT2D eigenvalue weighted by Gasteiger charge is 2.36. The van der Waals surface area contributed by atoms with Crippen LogP contribution in [0, 0.1) is 10.1 Å². The summed E-state index contributed by atoms with van der Waals surface area (Å²) in [6.07, 6.45) is -1.03. The van der Waals surface area contributed by atoms with Gasteiger partial charge in [-0.1, -0.05) is 24.3 Å². The summed E-state index contributed by atoms with van der Waals surface area (Å²) < 4.78 is 5.35. The molecular weight excluding hydrogens is 300 g/mol. The molecule has 1 unspecified atom stereocenters. The van der Waals surface area contributed by atoms with Crippen LogP contribution in [-0.2, 0) is 9.53 Å². The molecule has 1 heterocycles. The summed E-state index contributed by atoms with van der Waals surface area (Å²) in [6.45, 7) is 1.35. The highest BCUT2D eigenvalue weighted by molar-refractivity contribution is 6.04. The number of nitro benzene ring substituents is 1. The molecule has 1 aliphatic rings. The first-order chi connectivity index (χ1) is 11.0. The van der Waals surface area contributed by atoms with E-state index >= 15 is 0 Å². The van der Waals surface area contributed by atoms with Crippen molar-refractivity contribution in [2.75, 3.05) is 4.90 Å². The van der Waals surface area contributed by atoms with Gasteiger partial charge in [0.25, 0.3) is 5.69 Å². The third-order valence-corrected chi connectivity index (χ3v) is 3.54. The van der Waals surface area contributed by atoms with E-state index in [1.54, 1.807) is 30.3 Å². The van der Waals surface area contributed by atoms with Crippen LogP contribution in [0.1, 0.15) is 29.1 Å². The Kier molecular flexibility index (Phi) is 3.53. The van der Waals surface area contributed by atoms with Crippen LogP contribution < -0.4 is 4.90 Å². The van der Waals surface area contributed by atoms with Crippen LogP contribution in [0.15, 0.2) is 48.5 Å². The number of amides is 1. The number of nitrogens with zero attached hydrogens (tertiary/aromatic N) is 2.